The zero-order valence-electron chi connectivity index (χ0n) is 12.2. The van der Waals surface area contributed by atoms with Crippen LogP contribution in [0.5, 0.6) is 0 Å². The summed E-state index contributed by atoms with van der Waals surface area (Å²) in [6.07, 6.45) is 0.427. The number of hydrogen-bond donors (Lipinski definition) is 0. The van der Waals surface area contributed by atoms with Crippen LogP contribution in [0.4, 0.5) is 0 Å². The Morgan fingerprint density at radius 2 is 1.75 bits per heavy atom. The third-order valence-corrected chi connectivity index (χ3v) is 7.00. The average Bonchev–Trinajstić information content (AvgIpc) is 3.26. The molecule has 3 rings (SSSR count). The highest BCUT2D eigenvalue weighted by molar-refractivity contribution is 7.92. The predicted molar refractivity (Wildman–Crippen MR) is 90.7 cm³/mol. The van der Waals surface area contributed by atoms with Gasteiger partial charge in [-0.15, -0.1) is 0 Å². The number of rotatable bonds is 4. The molecule has 7 heteroatoms. The summed E-state index contributed by atoms with van der Waals surface area (Å²) in [7, 11) is -3.88. The monoisotopic (exact) mass is 379 g/mol. The number of carbonyl (C=O) groups is 1. The van der Waals surface area contributed by atoms with Crippen LogP contribution in [0.1, 0.15) is 11.5 Å². The van der Waals surface area contributed by atoms with Crippen molar-refractivity contribution in [1.29, 1.82) is 5.26 Å². The van der Waals surface area contributed by atoms with E-state index in [-0.39, 0.29) is 4.90 Å². The molecule has 1 aliphatic rings. The van der Waals surface area contributed by atoms with Gasteiger partial charge >= 0.3 is 0 Å². The van der Waals surface area contributed by atoms with E-state index < -0.39 is 26.4 Å². The van der Waals surface area contributed by atoms with Gasteiger partial charge in [-0.05, 0) is 42.0 Å². The smallest absolute Gasteiger partial charge is 0.183 e. The van der Waals surface area contributed by atoms with E-state index in [1.54, 1.807) is 24.3 Å². The maximum Gasteiger partial charge on any atom is 0.183 e. The summed E-state index contributed by atoms with van der Waals surface area (Å²) in [6.45, 7) is 0. The van der Waals surface area contributed by atoms with E-state index >= 15 is 0 Å². The van der Waals surface area contributed by atoms with Crippen LogP contribution in [0.2, 0.25) is 10.0 Å². The molecule has 0 unspecified atom stereocenters. The topological polar surface area (TPSA) is 75.0 Å². The van der Waals surface area contributed by atoms with Crippen molar-refractivity contribution in [2.24, 2.45) is 5.41 Å². The summed E-state index contributed by atoms with van der Waals surface area (Å²) < 4.78 is 25.8. The Morgan fingerprint density at radius 3 is 2.29 bits per heavy atom. The van der Waals surface area contributed by atoms with E-state index in [0.29, 0.717) is 21.9 Å². The SMILES string of the molecule is N#C[C@@]1(C=O)[C@H](c2cccc(Cl)c2)[C@@H]1S(=O)(=O)c1ccc(Cl)cc1. The van der Waals surface area contributed by atoms with E-state index in [1.165, 1.54) is 24.3 Å². The van der Waals surface area contributed by atoms with Crippen molar-refractivity contribution in [2.75, 3.05) is 0 Å². The zero-order valence-corrected chi connectivity index (χ0v) is 14.5. The molecule has 0 heterocycles. The summed E-state index contributed by atoms with van der Waals surface area (Å²) >= 11 is 11.7. The van der Waals surface area contributed by atoms with E-state index in [4.69, 9.17) is 23.2 Å². The molecule has 2 aromatic carbocycles. The van der Waals surface area contributed by atoms with Crippen LogP contribution in [-0.4, -0.2) is 20.0 Å². The lowest BCUT2D eigenvalue weighted by Crippen LogP contribution is -2.16. The second-order valence-corrected chi connectivity index (χ2v) is 8.56. The van der Waals surface area contributed by atoms with Gasteiger partial charge in [0.05, 0.1) is 11.0 Å². The predicted octanol–water partition coefficient (Wildman–Crippen LogP) is 3.64. The molecule has 0 bridgehead atoms. The molecule has 4 nitrogen and oxygen atoms in total. The van der Waals surface area contributed by atoms with Crippen LogP contribution >= 0.6 is 23.2 Å². The van der Waals surface area contributed by atoms with Gasteiger partial charge in [0.15, 0.2) is 9.84 Å². The van der Waals surface area contributed by atoms with Crippen LogP contribution < -0.4 is 0 Å². The Balaban J connectivity index is 2.10. The molecule has 0 amide bonds. The molecule has 24 heavy (non-hydrogen) atoms. The first-order valence-corrected chi connectivity index (χ1v) is 9.29. The molecule has 3 atom stereocenters. The minimum atomic E-state index is -3.88. The van der Waals surface area contributed by atoms with E-state index in [9.17, 15) is 18.5 Å². The zero-order chi connectivity index (χ0) is 17.5. The average molecular weight is 380 g/mol. The molecule has 122 valence electrons. The summed E-state index contributed by atoms with van der Waals surface area (Å²) in [5, 5.41) is 9.15. The van der Waals surface area contributed by atoms with Crippen LogP contribution in [0.25, 0.3) is 0 Å². The molecule has 0 aromatic heterocycles. The van der Waals surface area contributed by atoms with Gasteiger partial charge in [-0.25, -0.2) is 8.42 Å². The van der Waals surface area contributed by atoms with Gasteiger partial charge in [0.2, 0.25) is 0 Å². The van der Waals surface area contributed by atoms with Crippen LogP contribution in [0, 0.1) is 16.7 Å². The maximum absolute atomic E-state index is 12.9. The van der Waals surface area contributed by atoms with Crippen molar-refractivity contribution < 1.29 is 13.2 Å². The van der Waals surface area contributed by atoms with E-state index in [1.807, 2.05) is 6.07 Å². The minimum Gasteiger partial charge on any atom is -0.302 e. The molecule has 0 radical (unpaired) electrons. The molecular formula is C17H11Cl2NO3S. The Morgan fingerprint density at radius 1 is 1.08 bits per heavy atom. The first-order chi connectivity index (χ1) is 11.4. The fourth-order valence-electron chi connectivity index (χ4n) is 3.03. The Hall–Kier alpha value is -1.87. The largest absolute Gasteiger partial charge is 0.302 e. The molecule has 1 aliphatic carbocycles. The van der Waals surface area contributed by atoms with E-state index in [0.717, 1.165) is 0 Å². The molecule has 0 saturated heterocycles. The van der Waals surface area contributed by atoms with Crippen LogP contribution in [0.3, 0.4) is 0 Å². The molecule has 0 N–H and O–H groups in total. The molecule has 0 aliphatic heterocycles. The highest BCUT2D eigenvalue weighted by Crippen LogP contribution is 2.62. The maximum atomic E-state index is 12.9. The number of sulfone groups is 1. The molecular weight excluding hydrogens is 369 g/mol. The molecule has 2 aromatic rings. The number of carbonyl (C=O) groups excluding carboxylic acids is 1. The number of halogens is 2. The van der Waals surface area contributed by atoms with Crippen molar-refractivity contribution >= 4 is 39.3 Å². The normalized spacial score (nSPS) is 25.7. The summed E-state index contributed by atoms with van der Waals surface area (Å²) in [4.78, 5) is 11.6. The second-order valence-electron chi connectivity index (χ2n) is 5.61. The lowest BCUT2D eigenvalue weighted by Gasteiger charge is -2.04. The third kappa shape index (κ3) is 2.51. The Kier molecular flexibility index (Phi) is 4.16. The lowest BCUT2D eigenvalue weighted by atomic mass is 10.0. The number of aldehydes is 1. The van der Waals surface area contributed by atoms with Gasteiger partial charge in [-0.1, -0.05) is 35.3 Å². The first-order valence-electron chi connectivity index (χ1n) is 6.99. The second kappa shape index (κ2) is 5.89. The fraction of sp³-hybridized carbons (Fsp3) is 0.176. The Labute approximate surface area is 149 Å². The lowest BCUT2D eigenvalue weighted by molar-refractivity contribution is -0.110. The van der Waals surface area contributed by atoms with Gasteiger partial charge in [0.1, 0.15) is 17.0 Å². The molecule has 0 spiro atoms. The Bertz CT molecular complexity index is 951. The van der Waals surface area contributed by atoms with Gasteiger partial charge in [0, 0.05) is 16.0 Å². The van der Waals surface area contributed by atoms with Gasteiger partial charge in [0.25, 0.3) is 0 Å². The molecule has 1 fully saturated rings. The highest BCUT2D eigenvalue weighted by atomic mass is 35.5. The van der Waals surface area contributed by atoms with Gasteiger partial charge in [-0.2, -0.15) is 5.26 Å². The van der Waals surface area contributed by atoms with Crippen molar-refractivity contribution in [1.82, 2.24) is 0 Å². The summed E-state index contributed by atoms with van der Waals surface area (Å²) in [5.41, 5.74) is -1.05. The van der Waals surface area contributed by atoms with Crippen molar-refractivity contribution in [2.45, 2.75) is 16.1 Å². The standard InChI is InChI=1S/C17H11Cl2NO3S/c18-12-4-6-14(7-5-12)24(22,23)16-15(17(16,9-20)10-21)11-2-1-3-13(19)8-11/h1-8,10,15-16H/t15-,16+,17-/m1/s1. The number of benzene rings is 2. The quantitative estimate of drug-likeness (QED) is 0.759. The molecule has 1 saturated carbocycles. The number of nitrogens with zero attached hydrogens (tertiary/aromatic N) is 1. The number of hydrogen-bond acceptors (Lipinski definition) is 4. The highest BCUT2D eigenvalue weighted by Gasteiger charge is 2.72. The number of nitriles is 1. The van der Waals surface area contributed by atoms with Gasteiger partial charge in [-0.3, -0.25) is 0 Å². The van der Waals surface area contributed by atoms with Crippen LogP contribution in [-0.2, 0) is 14.6 Å². The van der Waals surface area contributed by atoms with Gasteiger partial charge < -0.3 is 4.79 Å². The summed E-state index contributed by atoms with van der Waals surface area (Å²) in [5.74, 6) is -0.751. The summed E-state index contributed by atoms with van der Waals surface area (Å²) in [6, 6.07) is 14.1. The van der Waals surface area contributed by atoms with Crippen molar-refractivity contribution in [3.8, 4) is 6.07 Å². The fourth-order valence-corrected chi connectivity index (χ4v) is 5.60. The third-order valence-electron chi connectivity index (χ3n) is 4.25. The first kappa shape index (κ1) is 17.0. The minimum absolute atomic E-state index is 0.0305. The van der Waals surface area contributed by atoms with Crippen molar-refractivity contribution in [3.05, 3.63) is 64.1 Å². The van der Waals surface area contributed by atoms with Crippen LogP contribution in [0.15, 0.2) is 53.4 Å². The van der Waals surface area contributed by atoms with Crippen molar-refractivity contribution in [3.63, 3.8) is 0 Å². The van der Waals surface area contributed by atoms with E-state index in [2.05, 4.69) is 0 Å².